The van der Waals surface area contributed by atoms with E-state index in [1.807, 2.05) is 4.68 Å². The average molecular weight is 680 g/mol. The molecule has 1 aliphatic heterocycles. The quantitative estimate of drug-likeness (QED) is 0.113. The average Bonchev–Trinajstić information content (AvgIpc) is 3.51. The van der Waals surface area contributed by atoms with E-state index in [0.717, 1.165) is 24.1 Å². The molecule has 1 aliphatic rings. The molecule has 2 aromatic heterocycles. The van der Waals surface area contributed by atoms with Gasteiger partial charge in [0.25, 0.3) is 11.8 Å². The minimum absolute atomic E-state index is 0.0169. The maximum absolute atomic E-state index is 13.3. The van der Waals surface area contributed by atoms with Crippen LogP contribution in [0.1, 0.15) is 58.0 Å². The monoisotopic (exact) mass is 678 g/mol. The molecule has 14 heteroatoms. The molecule has 12 nitrogen and oxygen atoms in total. The Balaban J connectivity index is 1.28. The molecule has 0 saturated heterocycles. The highest BCUT2D eigenvalue weighted by Crippen LogP contribution is 2.40. The number of aliphatic hydroxyl groups excluding tert-OH is 1. The van der Waals surface area contributed by atoms with Crippen molar-refractivity contribution in [2.75, 3.05) is 36.9 Å². The van der Waals surface area contributed by atoms with Gasteiger partial charge in [-0.05, 0) is 42.7 Å². The molecular formula is C33H36Cl2N8O4. The minimum atomic E-state index is -0.432. The Morgan fingerprint density at radius 2 is 1.60 bits per heavy atom. The lowest BCUT2D eigenvalue weighted by atomic mass is 10.0. The summed E-state index contributed by atoms with van der Waals surface area (Å²) >= 11 is 13.6. The van der Waals surface area contributed by atoms with Gasteiger partial charge in [0.15, 0.2) is 5.69 Å². The van der Waals surface area contributed by atoms with Gasteiger partial charge in [0, 0.05) is 63.0 Å². The van der Waals surface area contributed by atoms with Crippen LogP contribution in [0.4, 0.5) is 11.4 Å². The summed E-state index contributed by atoms with van der Waals surface area (Å²) < 4.78 is 1.84. The Hall–Kier alpha value is -4.33. The molecule has 5 rings (SSSR count). The fourth-order valence-electron chi connectivity index (χ4n) is 5.31. The van der Waals surface area contributed by atoms with E-state index >= 15 is 0 Å². The van der Waals surface area contributed by atoms with E-state index in [-0.39, 0.29) is 40.0 Å². The largest absolute Gasteiger partial charge is 0.395 e. The zero-order chi connectivity index (χ0) is 33.3. The number of aliphatic hydroxyl groups is 1. The number of hydrogen-bond acceptors (Lipinski definition) is 8. The number of rotatable bonds is 13. The van der Waals surface area contributed by atoms with Crippen molar-refractivity contribution in [3.05, 3.63) is 93.5 Å². The molecule has 0 spiro atoms. The van der Waals surface area contributed by atoms with Crippen LogP contribution < -0.4 is 26.6 Å². The van der Waals surface area contributed by atoms with Crippen molar-refractivity contribution in [1.29, 1.82) is 0 Å². The normalized spacial score (nSPS) is 13.9. The van der Waals surface area contributed by atoms with Crippen LogP contribution in [-0.4, -0.2) is 63.8 Å². The van der Waals surface area contributed by atoms with Gasteiger partial charge in [-0.25, -0.2) is 0 Å². The molecule has 2 aromatic carbocycles. The lowest BCUT2D eigenvalue weighted by Gasteiger charge is -2.24. The zero-order valence-electron chi connectivity index (χ0n) is 25.8. The second kappa shape index (κ2) is 16.0. The van der Waals surface area contributed by atoms with Gasteiger partial charge in [0.1, 0.15) is 5.69 Å². The van der Waals surface area contributed by atoms with Crippen LogP contribution in [0.3, 0.4) is 0 Å². The van der Waals surface area contributed by atoms with Crippen molar-refractivity contribution in [3.63, 3.8) is 0 Å². The van der Waals surface area contributed by atoms with Crippen LogP contribution in [0.5, 0.6) is 0 Å². The SMILES string of the molecule is CC(=O)NCCN[C@@H]1CCCn2nc(C(=O)Nc3cccc(-c4cccc(NC(=O)c5ccc(CNCCO)cn5)c4Cl)c3Cl)cc21. The molecule has 246 valence electrons. The molecule has 3 heterocycles. The molecule has 6 N–H and O–H groups in total. The van der Waals surface area contributed by atoms with Crippen LogP contribution in [0.25, 0.3) is 11.1 Å². The molecule has 0 saturated carbocycles. The van der Waals surface area contributed by atoms with Crippen molar-refractivity contribution in [1.82, 2.24) is 30.7 Å². The summed E-state index contributed by atoms with van der Waals surface area (Å²) in [6.07, 6.45) is 3.41. The number of hydrogen-bond donors (Lipinski definition) is 6. The van der Waals surface area contributed by atoms with Gasteiger partial charge in [0.05, 0.1) is 33.7 Å². The highest BCUT2D eigenvalue weighted by molar-refractivity contribution is 6.40. The van der Waals surface area contributed by atoms with E-state index in [2.05, 4.69) is 36.7 Å². The van der Waals surface area contributed by atoms with Crippen LogP contribution in [0, 0.1) is 0 Å². The van der Waals surface area contributed by atoms with Gasteiger partial charge in [-0.3, -0.25) is 24.0 Å². The Morgan fingerprint density at radius 3 is 2.21 bits per heavy atom. The molecular weight excluding hydrogens is 643 g/mol. The third-order valence-corrected chi connectivity index (χ3v) is 8.43. The fraction of sp³-hybridized carbons (Fsp3) is 0.303. The summed E-state index contributed by atoms with van der Waals surface area (Å²) in [4.78, 5) is 41.7. The number of fused-ring (bicyclic) bond motifs is 1. The number of aromatic nitrogens is 3. The number of pyridine rings is 1. The summed E-state index contributed by atoms with van der Waals surface area (Å²) in [5, 5.41) is 29.0. The summed E-state index contributed by atoms with van der Waals surface area (Å²) in [6.45, 7) is 4.32. The lowest BCUT2D eigenvalue weighted by molar-refractivity contribution is -0.118. The predicted molar refractivity (Wildman–Crippen MR) is 182 cm³/mol. The summed E-state index contributed by atoms with van der Waals surface area (Å²) in [6, 6.07) is 15.6. The first-order chi connectivity index (χ1) is 22.7. The lowest BCUT2D eigenvalue weighted by Crippen LogP contribution is -2.34. The standard InChI is InChI=1S/C33H36Cl2N8O4/c1-20(45)37-12-13-38-24-9-4-15-43-29(24)17-28(42-43)33(47)41-26-8-3-6-23(31(26)35)22-5-2-7-25(30(22)34)40-32(46)27-11-10-21(19-39-27)18-36-14-16-44/h2-3,5-8,10-11,17,19,24,36,38,44H,4,9,12-16,18H2,1H3,(H,37,45)(H,40,46)(H,41,47)/t24-/m1/s1. The number of aryl methyl sites for hydroxylation is 1. The Bertz CT molecular complexity index is 1750. The first-order valence-corrected chi connectivity index (χ1v) is 16.0. The van der Waals surface area contributed by atoms with Gasteiger partial charge in [-0.1, -0.05) is 53.5 Å². The number of benzene rings is 2. The van der Waals surface area contributed by atoms with Crippen molar-refractivity contribution >= 4 is 52.3 Å². The van der Waals surface area contributed by atoms with E-state index < -0.39 is 11.8 Å². The zero-order valence-corrected chi connectivity index (χ0v) is 27.3. The van der Waals surface area contributed by atoms with Crippen molar-refractivity contribution < 1.29 is 19.5 Å². The molecule has 4 aromatic rings. The van der Waals surface area contributed by atoms with E-state index in [4.69, 9.17) is 28.3 Å². The van der Waals surface area contributed by atoms with Gasteiger partial charge in [-0.15, -0.1) is 0 Å². The molecule has 0 radical (unpaired) electrons. The number of nitrogens with one attached hydrogen (secondary N) is 5. The third-order valence-electron chi connectivity index (χ3n) is 7.61. The smallest absolute Gasteiger partial charge is 0.276 e. The molecule has 47 heavy (non-hydrogen) atoms. The highest BCUT2D eigenvalue weighted by Gasteiger charge is 2.25. The maximum atomic E-state index is 13.3. The maximum Gasteiger partial charge on any atom is 0.276 e. The van der Waals surface area contributed by atoms with Gasteiger partial charge >= 0.3 is 0 Å². The van der Waals surface area contributed by atoms with Crippen LogP contribution in [-0.2, 0) is 17.9 Å². The topological polar surface area (TPSA) is 162 Å². The van der Waals surface area contributed by atoms with Crippen LogP contribution >= 0.6 is 23.2 Å². The Morgan fingerprint density at radius 1 is 0.915 bits per heavy atom. The van der Waals surface area contributed by atoms with E-state index in [1.165, 1.54) is 6.92 Å². The first-order valence-electron chi connectivity index (χ1n) is 15.3. The molecule has 0 aliphatic carbocycles. The summed E-state index contributed by atoms with van der Waals surface area (Å²) in [5.74, 6) is -0.916. The predicted octanol–water partition coefficient (Wildman–Crippen LogP) is 4.40. The first kappa shape index (κ1) is 34.0. The second-order valence-electron chi connectivity index (χ2n) is 11.0. The number of carbonyl (C=O) groups excluding carboxylic acids is 3. The fourth-order valence-corrected chi connectivity index (χ4v) is 5.86. The summed E-state index contributed by atoms with van der Waals surface area (Å²) in [5.41, 5.74) is 4.16. The van der Waals surface area contributed by atoms with E-state index in [9.17, 15) is 14.4 Å². The Labute approximate surface area is 282 Å². The second-order valence-corrected chi connectivity index (χ2v) is 11.8. The van der Waals surface area contributed by atoms with Crippen molar-refractivity contribution in [3.8, 4) is 11.1 Å². The molecule has 0 unspecified atom stereocenters. The third kappa shape index (κ3) is 8.53. The number of halogens is 2. The van der Waals surface area contributed by atoms with Crippen molar-refractivity contribution in [2.24, 2.45) is 0 Å². The molecule has 3 amide bonds. The number of carbonyl (C=O) groups is 3. The van der Waals surface area contributed by atoms with E-state index in [0.29, 0.717) is 55.2 Å². The van der Waals surface area contributed by atoms with E-state index in [1.54, 1.807) is 60.8 Å². The number of anilines is 2. The number of amides is 3. The van der Waals surface area contributed by atoms with Crippen LogP contribution in [0.15, 0.2) is 60.8 Å². The van der Waals surface area contributed by atoms with Gasteiger partial charge in [0.2, 0.25) is 5.91 Å². The number of nitrogens with zero attached hydrogens (tertiary/aromatic N) is 3. The molecule has 0 bridgehead atoms. The molecule has 0 fully saturated rings. The Kier molecular flexibility index (Phi) is 11.6. The minimum Gasteiger partial charge on any atom is -0.395 e. The van der Waals surface area contributed by atoms with Crippen molar-refractivity contribution in [2.45, 2.75) is 38.9 Å². The molecule has 1 atom stereocenters. The van der Waals surface area contributed by atoms with Crippen LogP contribution in [0.2, 0.25) is 10.0 Å². The van der Waals surface area contributed by atoms with Gasteiger partial charge in [-0.2, -0.15) is 5.10 Å². The highest BCUT2D eigenvalue weighted by atomic mass is 35.5. The summed E-state index contributed by atoms with van der Waals surface area (Å²) in [7, 11) is 0. The van der Waals surface area contributed by atoms with Gasteiger partial charge < -0.3 is 31.7 Å².